The van der Waals surface area contributed by atoms with Gasteiger partial charge in [0.15, 0.2) is 0 Å². The van der Waals surface area contributed by atoms with Gasteiger partial charge in [0.25, 0.3) is 5.91 Å². The molecular weight excluding hydrogens is 450 g/mol. The molecule has 31 heavy (non-hydrogen) atoms. The fraction of sp³-hybridized carbons (Fsp3) is 0.182. The predicted octanol–water partition coefficient (Wildman–Crippen LogP) is 4.17. The van der Waals surface area contributed by atoms with Crippen molar-refractivity contribution in [1.29, 1.82) is 0 Å². The van der Waals surface area contributed by atoms with E-state index in [0.29, 0.717) is 18.8 Å². The molecule has 1 aliphatic rings. The van der Waals surface area contributed by atoms with Crippen molar-refractivity contribution in [1.82, 2.24) is 14.2 Å². The molecule has 1 aliphatic heterocycles. The van der Waals surface area contributed by atoms with Crippen molar-refractivity contribution in [3.63, 3.8) is 0 Å². The first-order valence-corrected chi connectivity index (χ1v) is 13.0. The zero-order chi connectivity index (χ0) is 21.4. The molecule has 2 aromatic heterocycles. The number of nitrogens with zero attached hydrogens (tertiary/aromatic N) is 3. The van der Waals surface area contributed by atoms with Gasteiger partial charge in [0.2, 0.25) is 10.0 Å². The minimum Gasteiger partial charge on any atom is -0.335 e. The van der Waals surface area contributed by atoms with Gasteiger partial charge in [-0.1, -0.05) is 36.4 Å². The number of aromatic nitrogens is 1. The van der Waals surface area contributed by atoms with Crippen LogP contribution in [0.25, 0.3) is 20.7 Å². The number of hydrogen-bond donors (Lipinski definition) is 0. The summed E-state index contributed by atoms with van der Waals surface area (Å²) in [5.74, 6) is -0.151. The molecule has 6 nitrogen and oxygen atoms in total. The van der Waals surface area contributed by atoms with E-state index >= 15 is 0 Å². The number of sulfonamides is 1. The van der Waals surface area contributed by atoms with Gasteiger partial charge in [-0.2, -0.15) is 4.31 Å². The highest BCUT2D eigenvalue weighted by atomic mass is 32.2. The number of piperazine rings is 1. The van der Waals surface area contributed by atoms with Gasteiger partial charge in [-0.15, -0.1) is 22.7 Å². The number of carbonyl (C=O) groups excluding carboxylic acids is 1. The molecule has 0 N–H and O–H groups in total. The standard InChI is InChI=1S/C22H19N3O3S3/c26-22(19-15-30-21(23-19)20-6-3-13-29-20)24-9-11-25(12-10-24)31(27,28)18-8-7-16-4-1-2-5-17(16)14-18/h1-8,13-15H,9-12H2. The third-order valence-corrected chi connectivity index (χ3v) is 9.12. The third-order valence-electron chi connectivity index (χ3n) is 5.34. The van der Waals surface area contributed by atoms with Gasteiger partial charge in [0.05, 0.1) is 9.77 Å². The quantitative estimate of drug-likeness (QED) is 0.450. The number of amides is 1. The van der Waals surface area contributed by atoms with E-state index in [9.17, 15) is 13.2 Å². The van der Waals surface area contributed by atoms with E-state index in [0.717, 1.165) is 20.7 Å². The Labute approximate surface area is 188 Å². The Hall–Kier alpha value is -2.59. The molecule has 9 heteroatoms. The molecule has 2 aromatic carbocycles. The van der Waals surface area contributed by atoms with E-state index in [1.807, 2.05) is 47.8 Å². The molecule has 158 valence electrons. The average molecular weight is 470 g/mol. The number of benzene rings is 2. The summed E-state index contributed by atoms with van der Waals surface area (Å²) in [6, 6.07) is 16.8. The van der Waals surface area contributed by atoms with Crippen molar-refractivity contribution in [2.75, 3.05) is 26.2 Å². The van der Waals surface area contributed by atoms with Crippen LogP contribution in [-0.4, -0.2) is 54.7 Å². The molecule has 0 radical (unpaired) electrons. The van der Waals surface area contributed by atoms with Gasteiger partial charge in [0.1, 0.15) is 10.7 Å². The number of thiophene rings is 1. The van der Waals surface area contributed by atoms with Crippen molar-refractivity contribution in [2.24, 2.45) is 0 Å². The molecule has 3 heterocycles. The van der Waals surface area contributed by atoms with Crippen LogP contribution in [0, 0.1) is 0 Å². The van der Waals surface area contributed by atoms with Crippen molar-refractivity contribution in [2.45, 2.75) is 4.90 Å². The maximum absolute atomic E-state index is 13.1. The summed E-state index contributed by atoms with van der Waals surface area (Å²) < 4.78 is 27.7. The van der Waals surface area contributed by atoms with Crippen molar-refractivity contribution >= 4 is 49.4 Å². The predicted molar refractivity (Wildman–Crippen MR) is 124 cm³/mol. The van der Waals surface area contributed by atoms with E-state index in [1.165, 1.54) is 15.6 Å². The van der Waals surface area contributed by atoms with Crippen LogP contribution in [0.4, 0.5) is 0 Å². The first-order valence-electron chi connectivity index (χ1n) is 9.80. The first-order chi connectivity index (χ1) is 15.0. The number of thiazole rings is 1. The lowest BCUT2D eigenvalue weighted by atomic mass is 10.1. The van der Waals surface area contributed by atoms with Crippen LogP contribution >= 0.6 is 22.7 Å². The lowest BCUT2D eigenvalue weighted by Gasteiger charge is -2.33. The maximum Gasteiger partial charge on any atom is 0.273 e. The molecule has 0 aliphatic carbocycles. The van der Waals surface area contributed by atoms with E-state index in [2.05, 4.69) is 4.98 Å². The molecular formula is C22H19N3O3S3. The Bertz CT molecular complexity index is 1340. The number of fused-ring (bicyclic) bond motifs is 1. The topological polar surface area (TPSA) is 70.6 Å². The molecule has 1 saturated heterocycles. The molecule has 0 unspecified atom stereocenters. The molecule has 5 rings (SSSR count). The van der Waals surface area contributed by atoms with E-state index in [4.69, 9.17) is 0 Å². The zero-order valence-electron chi connectivity index (χ0n) is 16.5. The summed E-state index contributed by atoms with van der Waals surface area (Å²) in [4.78, 5) is 20.3. The molecule has 1 fully saturated rings. The van der Waals surface area contributed by atoms with Crippen LogP contribution in [0.2, 0.25) is 0 Å². The summed E-state index contributed by atoms with van der Waals surface area (Å²) in [7, 11) is -3.61. The summed E-state index contributed by atoms with van der Waals surface area (Å²) >= 11 is 3.04. The number of rotatable bonds is 4. The second kappa shape index (κ2) is 8.16. The van der Waals surface area contributed by atoms with E-state index in [-0.39, 0.29) is 23.9 Å². The van der Waals surface area contributed by atoms with Crippen LogP contribution in [0.1, 0.15) is 10.5 Å². The highest BCUT2D eigenvalue weighted by Gasteiger charge is 2.31. The Balaban J connectivity index is 1.28. The van der Waals surface area contributed by atoms with Crippen molar-refractivity contribution in [3.8, 4) is 9.88 Å². The Kier molecular flexibility index (Phi) is 5.35. The SMILES string of the molecule is O=C(c1csc(-c2cccs2)n1)N1CCN(S(=O)(=O)c2ccc3ccccc3c2)CC1. The normalized spacial score (nSPS) is 15.4. The fourth-order valence-electron chi connectivity index (χ4n) is 3.66. The molecule has 0 spiro atoms. The van der Waals surface area contributed by atoms with Crippen LogP contribution in [0.3, 0.4) is 0 Å². The van der Waals surface area contributed by atoms with Crippen LogP contribution in [0.15, 0.2) is 70.3 Å². The second-order valence-corrected chi connectivity index (χ2v) is 11.0. The highest BCUT2D eigenvalue weighted by Crippen LogP contribution is 2.28. The summed E-state index contributed by atoms with van der Waals surface area (Å²) in [5.41, 5.74) is 0.416. The van der Waals surface area contributed by atoms with Crippen molar-refractivity contribution in [3.05, 3.63) is 71.1 Å². The Morgan fingerprint density at radius 2 is 1.68 bits per heavy atom. The van der Waals surface area contributed by atoms with Crippen LogP contribution in [0.5, 0.6) is 0 Å². The summed E-state index contributed by atoms with van der Waals surface area (Å²) in [6.45, 7) is 1.22. The molecule has 0 bridgehead atoms. The van der Waals surface area contributed by atoms with E-state index < -0.39 is 10.0 Å². The molecule has 0 saturated carbocycles. The largest absolute Gasteiger partial charge is 0.335 e. The first kappa shape index (κ1) is 20.3. The summed E-state index contributed by atoms with van der Waals surface area (Å²) in [5, 5.41) is 6.48. The average Bonchev–Trinajstić information content (AvgIpc) is 3.50. The fourth-order valence-corrected chi connectivity index (χ4v) is 6.72. The monoisotopic (exact) mass is 469 g/mol. The van der Waals surface area contributed by atoms with E-state index in [1.54, 1.807) is 33.7 Å². The lowest BCUT2D eigenvalue weighted by molar-refractivity contribution is 0.0693. The van der Waals surface area contributed by atoms with Gasteiger partial charge in [-0.05, 0) is 34.4 Å². The molecule has 4 aromatic rings. The van der Waals surface area contributed by atoms with Gasteiger partial charge in [-0.3, -0.25) is 4.79 Å². The Morgan fingerprint density at radius 3 is 2.42 bits per heavy atom. The second-order valence-electron chi connectivity index (χ2n) is 7.22. The minimum absolute atomic E-state index is 0.151. The highest BCUT2D eigenvalue weighted by molar-refractivity contribution is 7.89. The minimum atomic E-state index is -3.61. The Morgan fingerprint density at radius 1 is 0.903 bits per heavy atom. The lowest BCUT2D eigenvalue weighted by Crippen LogP contribution is -2.50. The maximum atomic E-state index is 13.1. The number of hydrogen-bond acceptors (Lipinski definition) is 6. The smallest absolute Gasteiger partial charge is 0.273 e. The molecule has 0 atom stereocenters. The van der Waals surface area contributed by atoms with Gasteiger partial charge >= 0.3 is 0 Å². The van der Waals surface area contributed by atoms with Gasteiger partial charge < -0.3 is 4.90 Å². The molecule has 1 amide bonds. The van der Waals surface area contributed by atoms with Crippen LogP contribution in [-0.2, 0) is 10.0 Å². The zero-order valence-corrected chi connectivity index (χ0v) is 18.9. The van der Waals surface area contributed by atoms with Gasteiger partial charge in [-0.25, -0.2) is 13.4 Å². The van der Waals surface area contributed by atoms with Gasteiger partial charge in [0, 0.05) is 31.6 Å². The van der Waals surface area contributed by atoms with Crippen LogP contribution < -0.4 is 0 Å². The number of carbonyl (C=O) groups is 1. The third kappa shape index (κ3) is 3.89. The summed E-state index contributed by atoms with van der Waals surface area (Å²) in [6.07, 6.45) is 0. The van der Waals surface area contributed by atoms with Crippen molar-refractivity contribution < 1.29 is 13.2 Å².